The Morgan fingerprint density at radius 1 is 1.03 bits per heavy atom. The number of hydrogen-bond donors (Lipinski definition) is 1. The summed E-state index contributed by atoms with van der Waals surface area (Å²) >= 11 is 0. The number of fused-ring (bicyclic) bond motifs is 1. The Bertz CT molecular complexity index is 1050. The molecule has 3 rings (SSSR count). The number of para-hydroxylation sites is 2. The van der Waals surface area contributed by atoms with Gasteiger partial charge >= 0.3 is 0 Å². The third kappa shape index (κ3) is 5.51. The summed E-state index contributed by atoms with van der Waals surface area (Å²) < 4.78 is 1.92. The molecule has 6 nitrogen and oxygen atoms in total. The highest BCUT2D eigenvalue weighted by molar-refractivity contribution is 5.83. The summed E-state index contributed by atoms with van der Waals surface area (Å²) in [5.74, 6) is 0.645. The fourth-order valence-electron chi connectivity index (χ4n) is 3.43. The van der Waals surface area contributed by atoms with Gasteiger partial charge < -0.3 is 14.8 Å². The van der Waals surface area contributed by atoms with Crippen molar-refractivity contribution in [2.45, 2.75) is 60.3 Å². The topological polar surface area (TPSA) is 67.2 Å². The zero-order chi connectivity index (χ0) is 22.6. The van der Waals surface area contributed by atoms with E-state index in [0.717, 1.165) is 16.6 Å². The van der Waals surface area contributed by atoms with E-state index in [-0.39, 0.29) is 30.9 Å². The number of benzene rings is 2. The Labute approximate surface area is 184 Å². The van der Waals surface area contributed by atoms with Gasteiger partial charge in [-0.3, -0.25) is 9.59 Å². The van der Waals surface area contributed by atoms with Crippen LogP contribution in [-0.2, 0) is 29.2 Å². The lowest BCUT2D eigenvalue weighted by molar-refractivity contribution is -0.134. The van der Waals surface area contributed by atoms with E-state index in [0.29, 0.717) is 12.4 Å². The molecule has 0 spiro atoms. The molecule has 0 saturated carbocycles. The van der Waals surface area contributed by atoms with Crippen molar-refractivity contribution < 1.29 is 9.59 Å². The summed E-state index contributed by atoms with van der Waals surface area (Å²) in [5.41, 5.74) is 2.31. The minimum atomic E-state index is -0.489. The van der Waals surface area contributed by atoms with Gasteiger partial charge in [0.05, 0.1) is 17.6 Å². The van der Waals surface area contributed by atoms with Crippen LogP contribution >= 0.6 is 0 Å². The second-order valence-electron chi connectivity index (χ2n) is 9.14. The second-order valence-corrected chi connectivity index (χ2v) is 9.14. The molecule has 0 fully saturated rings. The predicted octanol–water partition coefficient (Wildman–Crippen LogP) is 4.14. The van der Waals surface area contributed by atoms with Crippen molar-refractivity contribution in [3.8, 4) is 0 Å². The Morgan fingerprint density at radius 3 is 2.32 bits per heavy atom. The molecule has 1 N–H and O–H groups in total. The Kier molecular flexibility index (Phi) is 6.78. The second kappa shape index (κ2) is 9.33. The molecule has 6 heteroatoms. The van der Waals surface area contributed by atoms with Gasteiger partial charge in [0.2, 0.25) is 11.8 Å². The van der Waals surface area contributed by atoms with E-state index < -0.39 is 5.41 Å². The molecule has 2 amide bonds. The first kappa shape index (κ1) is 22.5. The number of aromatic nitrogens is 2. The molecule has 1 aromatic heterocycles. The Hall–Kier alpha value is -3.15. The van der Waals surface area contributed by atoms with Crippen LogP contribution in [0.4, 0.5) is 0 Å². The van der Waals surface area contributed by atoms with Crippen LogP contribution < -0.4 is 5.32 Å². The van der Waals surface area contributed by atoms with Crippen LogP contribution in [0.15, 0.2) is 54.6 Å². The van der Waals surface area contributed by atoms with Crippen LogP contribution in [0.25, 0.3) is 11.0 Å². The molecule has 3 aromatic rings. The lowest BCUT2D eigenvalue weighted by atomic mass is 9.96. The van der Waals surface area contributed by atoms with Crippen LogP contribution in [0.2, 0.25) is 0 Å². The first-order valence-electron chi connectivity index (χ1n) is 10.7. The SMILES string of the molecule is CC(C)N(Cc1ccccc1)C(=O)Cn1c(CNC(=O)C(C)(C)C)nc2ccccc21. The Balaban J connectivity index is 1.86. The highest BCUT2D eigenvalue weighted by atomic mass is 16.2. The van der Waals surface area contributed by atoms with Gasteiger partial charge in [-0.05, 0) is 31.5 Å². The number of carbonyl (C=O) groups is 2. The molecule has 0 aliphatic rings. The van der Waals surface area contributed by atoms with Gasteiger partial charge in [0.15, 0.2) is 0 Å². The number of nitrogens with zero attached hydrogens (tertiary/aromatic N) is 3. The molecular formula is C25H32N4O2. The third-order valence-electron chi connectivity index (χ3n) is 5.25. The minimum Gasteiger partial charge on any atom is -0.348 e. The summed E-state index contributed by atoms with van der Waals surface area (Å²) in [6, 6.07) is 17.8. The van der Waals surface area contributed by atoms with Crippen LogP contribution in [0.1, 0.15) is 46.0 Å². The van der Waals surface area contributed by atoms with E-state index in [2.05, 4.69) is 10.3 Å². The molecule has 1 heterocycles. The predicted molar refractivity (Wildman–Crippen MR) is 123 cm³/mol. The van der Waals surface area contributed by atoms with Crippen molar-refractivity contribution >= 4 is 22.8 Å². The monoisotopic (exact) mass is 420 g/mol. The number of imidazole rings is 1. The number of carbonyl (C=O) groups excluding carboxylic acids is 2. The van der Waals surface area contributed by atoms with Crippen LogP contribution in [0.5, 0.6) is 0 Å². The zero-order valence-corrected chi connectivity index (χ0v) is 19.1. The highest BCUT2D eigenvalue weighted by Gasteiger charge is 2.23. The fourth-order valence-corrected chi connectivity index (χ4v) is 3.43. The summed E-state index contributed by atoms with van der Waals surface area (Å²) in [6.07, 6.45) is 0. The van der Waals surface area contributed by atoms with Gasteiger partial charge in [-0.25, -0.2) is 4.98 Å². The van der Waals surface area contributed by atoms with Crippen LogP contribution in [0, 0.1) is 5.41 Å². The Morgan fingerprint density at radius 2 is 1.68 bits per heavy atom. The van der Waals surface area contributed by atoms with Crippen molar-refractivity contribution in [3.63, 3.8) is 0 Å². The summed E-state index contributed by atoms with van der Waals surface area (Å²) in [7, 11) is 0. The number of amides is 2. The maximum atomic E-state index is 13.3. The first-order valence-corrected chi connectivity index (χ1v) is 10.7. The first-order chi connectivity index (χ1) is 14.7. The van der Waals surface area contributed by atoms with E-state index in [1.807, 2.05) is 98.7 Å². The maximum absolute atomic E-state index is 13.3. The zero-order valence-electron chi connectivity index (χ0n) is 19.1. The molecule has 164 valence electrons. The van der Waals surface area contributed by atoms with Gasteiger partial charge in [0.1, 0.15) is 12.4 Å². The minimum absolute atomic E-state index is 0.0189. The molecule has 0 unspecified atom stereocenters. The third-order valence-corrected chi connectivity index (χ3v) is 5.25. The molecular weight excluding hydrogens is 388 g/mol. The van der Waals surface area contributed by atoms with Gasteiger partial charge in [0.25, 0.3) is 0 Å². The average Bonchev–Trinajstić information content (AvgIpc) is 3.07. The average molecular weight is 421 g/mol. The van der Waals surface area contributed by atoms with Crippen LogP contribution in [-0.4, -0.2) is 32.3 Å². The number of nitrogens with one attached hydrogen (secondary N) is 1. The van der Waals surface area contributed by atoms with E-state index in [9.17, 15) is 9.59 Å². The molecule has 31 heavy (non-hydrogen) atoms. The lowest BCUT2D eigenvalue weighted by Crippen LogP contribution is -2.39. The molecule has 0 bridgehead atoms. The quantitative estimate of drug-likeness (QED) is 0.625. The maximum Gasteiger partial charge on any atom is 0.243 e. The van der Waals surface area contributed by atoms with E-state index in [1.54, 1.807) is 0 Å². The molecule has 0 radical (unpaired) electrons. The number of hydrogen-bond acceptors (Lipinski definition) is 3. The molecule has 0 aliphatic carbocycles. The number of rotatable bonds is 7. The highest BCUT2D eigenvalue weighted by Crippen LogP contribution is 2.19. The summed E-state index contributed by atoms with van der Waals surface area (Å²) in [6.45, 7) is 10.7. The van der Waals surface area contributed by atoms with E-state index >= 15 is 0 Å². The molecule has 0 atom stereocenters. The van der Waals surface area contributed by atoms with Crippen molar-refractivity contribution in [3.05, 3.63) is 66.0 Å². The fraction of sp³-hybridized carbons (Fsp3) is 0.400. The van der Waals surface area contributed by atoms with Gasteiger partial charge in [-0.1, -0.05) is 63.2 Å². The lowest BCUT2D eigenvalue weighted by Gasteiger charge is -2.27. The van der Waals surface area contributed by atoms with Crippen molar-refractivity contribution in [2.24, 2.45) is 5.41 Å². The van der Waals surface area contributed by atoms with Gasteiger partial charge in [-0.15, -0.1) is 0 Å². The van der Waals surface area contributed by atoms with Crippen molar-refractivity contribution in [2.75, 3.05) is 0 Å². The molecule has 0 saturated heterocycles. The standard InChI is InChI=1S/C25H32N4O2/c1-18(2)28(16-19-11-7-6-8-12-19)23(30)17-29-21-14-10-9-13-20(21)27-22(29)15-26-24(31)25(3,4)5/h6-14,18H,15-17H2,1-5H3,(H,26,31). The van der Waals surface area contributed by atoms with E-state index in [4.69, 9.17) is 0 Å². The largest absolute Gasteiger partial charge is 0.348 e. The van der Waals surface area contributed by atoms with Crippen molar-refractivity contribution in [1.82, 2.24) is 19.8 Å². The molecule has 2 aromatic carbocycles. The normalized spacial score (nSPS) is 11.7. The smallest absolute Gasteiger partial charge is 0.243 e. The molecule has 0 aliphatic heterocycles. The van der Waals surface area contributed by atoms with Gasteiger partial charge in [-0.2, -0.15) is 0 Å². The summed E-state index contributed by atoms with van der Waals surface area (Å²) in [5, 5.41) is 2.96. The van der Waals surface area contributed by atoms with Crippen molar-refractivity contribution in [1.29, 1.82) is 0 Å². The van der Waals surface area contributed by atoms with Gasteiger partial charge in [0, 0.05) is 18.0 Å². The summed E-state index contributed by atoms with van der Waals surface area (Å²) in [4.78, 5) is 32.3. The van der Waals surface area contributed by atoms with Crippen LogP contribution in [0.3, 0.4) is 0 Å². The van der Waals surface area contributed by atoms with E-state index in [1.165, 1.54) is 0 Å².